The molecule has 0 aliphatic heterocycles. The van der Waals surface area contributed by atoms with Crippen LogP contribution in [0.1, 0.15) is 0 Å². The van der Waals surface area contributed by atoms with Gasteiger partial charge in [-0.2, -0.15) is 0 Å². The van der Waals surface area contributed by atoms with Gasteiger partial charge < -0.3 is 0 Å². The fraction of sp³-hybridized carbons (Fsp3) is 0. The Hall–Kier alpha value is -3.38. The summed E-state index contributed by atoms with van der Waals surface area (Å²) >= 11 is 0. The Kier molecular flexibility index (Phi) is 2.70. The molecule has 0 aromatic heterocycles. The maximum absolute atomic E-state index is 2.29. The molecule has 0 aliphatic carbocycles. The van der Waals surface area contributed by atoms with E-state index in [2.05, 4.69) is 97.1 Å². The molecule has 120 valence electrons. The van der Waals surface area contributed by atoms with Crippen LogP contribution < -0.4 is 0 Å². The van der Waals surface area contributed by atoms with E-state index in [1.54, 1.807) is 0 Å². The van der Waals surface area contributed by atoms with Crippen LogP contribution >= 0.6 is 0 Å². The van der Waals surface area contributed by atoms with Crippen LogP contribution in [0.5, 0.6) is 0 Å². The van der Waals surface area contributed by atoms with Gasteiger partial charge in [0, 0.05) is 0 Å². The molecule has 0 spiro atoms. The molecule has 0 atom stereocenters. The van der Waals surface area contributed by atoms with Crippen molar-refractivity contribution in [3.63, 3.8) is 0 Å². The zero-order valence-electron chi connectivity index (χ0n) is 14.2. The second-order valence-electron chi connectivity index (χ2n) is 6.96. The summed E-state index contributed by atoms with van der Waals surface area (Å²) in [4.78, 5) is 0. The highest BCUT2D eigenvalue weighted by Crippen LogP contribution is 2.41. The summed E-state index contributed by atoms with van der Waals surface area (Å²) in [7, 11) is 0. The van der Waals surface area contributed by atoms with E-state index in [0.29, 0.717) is 0 Å². The predicted molar refractivity (Wildman–Crippen MR) is 114 cm³/mol. The summed E-state index contributed by atoms with van der Waals surface area (Å²) in [6.07, 6.45) is 0. The maximum Gasteiger partial charge on any atom is -0.00204 e. The number of rotatable bonds is 0. The van der Waals surface area contributed by atoms with E-state index in [1.165, 1.54) is 53.9 Å². The number of hydrogen-bond donors (Lipinski definition) is 0. The van der Waals surface area contributed by atoms with Gasteiger partial charge in [0.05, 0.1) is 0 Å². The molecule has 6 aromatic carbocycles. The monoisotopic (exact) mass is 328 g/mol. The molecule has 0 N–H and O–H groups in total. The average Bonchev–Trinajstić information content (AvgIpc) is 2.73. The number of benzene rings is 6. The van der Waals surface area contributed by atoms with E-state index in [-0.39, 0.29) is 0 Å². The van der Waals surface area contributed by atoms with E-state index < -0.39 is 0 Å². The quantitative estimate of drug-likeness (QED) is 0.254. The normalized spacial score (nSPS) is 11.8. The largest absolute Gasteiger partial charge is 0.0616 e. The van der Waals surface area contributed by atoms with Crippen LogP contribution in [0.25, 0.3) is 53.9 Å². The molecule has 0 bridgehead atoms. The Morgan fingerprint density at radius 2 is 0.615 bits per heavy atom. The van der Waals surface area contributed by atoms with Gasteiger partial charge in [0.15, 0.2) is 0 Å². The van der Waals surface area contributed by atoms with E-state index in [1.807, 2.05) is 0 Å². The van der Waals surface area contributed by atoms with Crippen LogP contribution in [0.4, 0.5) is 0 Å². The molecule has 0 saturated heterocycles. The van der Waals surface area contributed by atoms with Gasteiger partial charge in [0.25, 0.3) is 0 Å². The Labute approximate surface area is 151 Å². The molecule has 0 aliphatic rings. The van der Waals surface area contributed by atoms with Crippen LogP contribution in [-0.4, -0.2) is 0 Å². The lowest BCUT2D eigenvalue weighted by Crippen LogP contribution is -1.86. The third-order valence-corrected chi connectivity index (χ3v) is 5.61. The first-order valence-corrected chi connectivity index (χ1v) is 9.05. The van der Waals surface area contributed by atoms with Crippen molar-refractivity contribution in [2.45, 2.75) is 0 Å². The molecular weight excluding hydrogens is 312 g/mol. The van der Waals surface area contributed by atoms with Crippen molar-refractivity contribution in [1.82, 2.24) is 0 Å². The van der Waals surface area contributed by atoms with Gasteiger partial charge in [-0.1, -0.05) is 97.1 Å². The molecule has 6 aromatic rings. The van der Waals surface area contributed by atoms with Crippen molar-refractivity contribution >= 4 is 53.9 Å². The highest BCUT2D eigenvalue weighted by atomic mass is 14.2. The van der Waals surface area contributed by atoms with E-state index in [9.17, 15) is 0 Å². The van der Waals surface area contributed by atoms with Crippen LogP contribution in [0, 0.1) is 0 Å². The third kappa shape index (κ3) is 1.74. The zero-order valence-corrected chi connectivity index (χ0v) is 14.2. The lowest BCUT2D eigenvalue weighted by molar-refractivity contribution is 1.78. The Balaban J connectivity index is 2.04. The van der Waals surface area contributed by atoms with Crippen LogP contribution in [0.2, 0.25) is 0 Å². The third-order valence-electron chi connectivity index (χ3n) is 5.61. The van der Waals surface area contributed by atoms with E-state index in [4.69, 9.17) is 0 Å². The van der Waals surface area contributed by atoms with Gasteiger partial charge in [-0.25, -0.2) is 0 Å². The molecule has 0 heterocycles. The molecule has 0 saturated carbocycles. The molecule has 0 nitrogen and oxygen atoms in total. The molecule has 0 radical (unpaired) electrons. The minimum Gasteiger partial charge on any atom is -0.0616 e. The first-order chi connectivity index (χ1) is 12.9. The fourth-order valence-electron chi connectivity index (χ4n) is 4.49. The molecule has 0 heteroatoms. The van der Waals surface area contributed by atoms with Crippen molar-refractivity contribution in [2.24, 2.45) is 0 Å². The highest BCUT2D eigenvalue weighted by Gasteiger charge is 2.12. The summed E-state index contributed by atoms with van der Waals surface area (Å²) in [6.45, 7) is 0. The Bertz CT molecular complexity index is 1340. The Morgan fingerprint density at radius 3 is 1.08 bits per heavy atom. The molecule has 26 heavy (non-hydrogen) atoms. The zero-order chi connectivity index (χ0) is 17.1. The molecular formula is C26H16. The van der Waals surface area contributed by atoms with Crippen LogP contribution in [0.3, 0.4) is 0 Å². The SMILES string of the molecule is c1ccc2c(c1)ccc1c3ccc4ccccc4c3c3ccccc3c21. The topological polar surface area (TPSA) is 0 Å². The summed E-state index contributed by atoms with van der Waals surface area (Å²) in [6, 6.07) is 35.3. The summed E-state index contributed by atoms with van der Waals surface area (Å²) in [5, 5.41) is 13.3. The number of hydrogen-bond acceptors (Lipinski definition) is 0. The summed E-state index contributed by atoms with van der Waals surface area (Å²) < 4.78 is 0. The van der Waals surface area contributed by atoms with Crippen LogP contribution in [-0.2, 0) is 0 Å². The minimum absolute atomic E-state index is 1.30. The standard InChI is InChI=1S/C26H16/c1-3-9-19-17(7-1)13-15-23-24-16-14-18-8-2-4-10-20(18)26(24)22-12-6-5-11-21(22)25(19)23/h1-16H. The Morgan fingerprint density at radius 1 is 0.269 bits per heavy atom. The highest BCUT2D eigenvalue weighted by molar-refractivity contribution is 6.35. The van der Waals surface area contributed by atoms with Crippen molar-refractivity contribution in [3.05, 3.63) is 97.1 Å². The van der Waals surface area contributed by atoms with Crippen molar-refractivity contribution in [2.75, 3.05) is 0 Å². The van der Waals surface area contributed by atoms with E-state index in [0.717, 1.165) is 0 Å². The van der Waals surface area contributed by atoms with Gasteiger partial charge in [0.2, 0.25) is 0 Å². The first kappa shape index (κ1) is 13.9. The van der Waals surface area contributed by atoms with Gasteiger partial charge in [-0.05, 0) is 53.9 Å². The van der Waals surface area contributed by atoms with Gasteiger partial charge in [-0.15, -0.1) is 0 Å². The summed E-state index contributed by atoms with van der Waals surface area (Å²) in [5.74, 6) is 0. The predicted octanol–water partition coefficient (Wildman–Crippen LogP) is 7.45. The second kappa shape index (κ2) is 5.06. The fourth-order valence-corrected chi connectivity index (χ4v) is 4.49. The van der Waals surface area contributed by atoms with Gasteiger partial charge in [-0.3, -0.25) is 0 Å². The van der Waals surface area contributed by atoms with Crippen molar-refractivity contribution < 1.29 is 0 Å². The summed E-state index contributed by atoms with van der Waals surface area (Å²) in [5.41, 5.74) is 0. The molecule has 0 amide bonds. The van der Waals surface area contributed by atoms with Crippen molar-refractivity contribution in [3.8, 4) is 0 Å². The second-order valence-corrected chi connectivity index (χ2v) is 6.96. The maximum atomic E-state index is 2.29. The number of fused-ring (bicyclic) bond motifs is 10. The van der Waals surface area contributed by atoms with Gasteiger partial charge >= 0.3 is 0 Å². The molecule has 0 unspecified atom stereocenters. The van der Waals surface area contributed by atoms with Crippen LogP contribution in [0.15, 0.2) is 97.1 Å². The molecule has 6 rings (SSSR count). The van der Waals surface area contributed by atoms with E-state index >= 15 is 0 Å². The minimum atomic E-state index is 1.30. The lowest BCUT2D eigenvalue weighted by Gasteiger charge is -2.14. The molecule has 0 fully saturated rings. The smallest absolute Gasteiger partial charge is 0.00204 e. The van der Waals surface area contributed by atoms with Crippen molar-refractivity contribution in [1.29, 1.82) is 0 Å². The average molecular weight is 328 g/mol. The lowest BCUT2D eigenvalue weighted by atomic mass is 9.89. The first-order valence-electron chi connectivity index (χ1n) is 9.05. The van der Waals surface area contributed by atoms with Gasteiger partial charge in [0.1, 0.15) is 0 Å².